The number of fused-ring (bicyclic) bond motifs is 1. The van der Waals surface area contributed by atoms with Gasteiger partial charge in [0, 0.05) is 51.0 Å². The zero-order valence-electron chi connectivity index (χ0n) is 17.3. The highest BCUT2D eigenvalue weighted by Crippen LogP contribution is 2.34. The zero-order chi connectivity index (χ0) is 23.5. The number of amides is 1. The number of carboxylic acids is 1. The third kappa shape index (κ3) is 5.24. The van der Waals surface area contributed by atoms with Crippen LogP contribution >= 0.6 is 35.1 Å². The SMILES string of the molecule is CNC(=O)c1ccnc(-n2ccc3cc(N(CC(=O)O)Sc4cc(Cl)cc(Cl)c4)ccc32)c1. The molecule has 0 aliphatic rings. The number of rotatable bonds is 7. The molecular weight excluding hydrogens is 483 g/mol. The summed E-state index contributed by atoms with van der Waals surface area (Å²) >= 11 is 13.4. The number of benzene rings is 2. The molecule has 2 N–H and O–H groups in total. The number of aromatic nitrogens is 2. The van der Waals surface area contributed by atoms with Gasteiger partial charge in [0.25, 0.3) is 5.91 Å². The fraction of sp³-hybridized carbons (Fsp3) is 0.0870. The van der Waals surface area contributed by atoms with E-state index in [-0.39, 0.29) is 12.5 Å². The van der Waals surface area contributed by atoms with Gasteiger partial charge in [-0.3, -0.25) is 9.59 Å². The third-order valence-corrected chi connectivity index (χ3v) is 6.22. The summed E-state index contributed by atoms with van der Waals surface area (Å²) in [6.07, 6.45) is 3.44. The quantitative estimate of drug-likeness (QED) is 0.335. The van der Waals surface area contributed by atoms with E-state index in [1.165, 1.54) is 11.9 Å². The van der Waals surface area contributed by atoms with Crippen LogP contribution < -0.4 is 9.62 Å². The minimum atomic E-state index is -0.969. The molecule has 7 nitrogen and oxygen atoms in total. The van der Waals surface area contributed by atoms with Gasteiger partial charge in [-0.1, -0.05) is 23.2 Å². The highest BCUT2D eigenvalue weighted by molar-refractivity contribution is 8.00. The Kier molecular flexibility index (Phi) is 6.78. The summed E-state index contributed by atoms with van der Waals surface area (Å²) in [5.74, 6) is -0.562. The van der Waals surface area contributed by atoms with Gasteiger partial charge in [0.05, 0.1) is 5.52 Å². The topological polar surface area (TPSA) is 87.5 Å². The number of nitrogens with one attached hydrogen (secondary N) is 1. The number of carbonyl (C=O) groups is 2. The van der Waals surface area contributed by atoms with Crippen molar-refractivity contribution in [3.63, 3.8) is 0 Å². The van der Waals surface area contributed by atoms with E-state index in [9.17, 15) is 14.7 Å². The average molecular weight is 501 g/mol. The van der Waals surface area contributed by atoms with Crippen LogP contribution in [0, 0.1) is 0 Å². The number of anilines is 1. The molecule has 4 rings (SSSR count). The maximum Gasteiger partial charge on any atom is 0.324 e. The molecule has 0 fully saturated rings. The molecule has 0 atom stereocenters. The number of hydrogen-bond acceptors (Lipinski definition) is 5. The standard InChI is InChI=1S/C23H18Cl2N4O3S/c1-26-23(32)15-4-6-27-21(9-15)28-7-5-14-8-18(2-3-20(14)28)29(13-22(30)31)33-19-11-16(24)10-17(25)12-19/h2-12H,13H2,1H3,(H,26,32)(H,30,31). The summed E-state index contributed by atoms with van der Waals surface area (Å²) < 4.78 is 3.53. The van der Waals surface area contributed by atoms with Gasteiger partial charge >= 0.3 is 5.97 Å². The van der Waals surface area contributed by atoms with Crippen molar-refractivity contribution < 1.29 is 14.7 Å². The molecule has 168 valence electrons. The number of pyridine rings is 1. The van der Waals surface area contributed by atoms with Gasteiger partial charge in [-0.15, -0.1) is 0 Å². The van der Waals surface area contributed by atoms with E-state index in [1.807, 2.05) is 35.0 Å². The molecule has 2 aromatic carbocycles. The predicted octanol–water partition coefficient (Wildman–Crippen LogP) is 5.29. The number of hydrogen-bond donors (Lipinski definition) is 2. The van der Waals surface area contributed by atoms with Crippen LogP contribution in [0.25, 0.3) is 16.7 Å². The smallest absolute Gasteiger partial charge is 0.324 e. The molecule has 10 heteroatoms. The molecule has 4 aromatic rings. The molecule has 0 spiro atoms. The summed E-state index contributed by atoms with van der Waals surface area (Å²) in [4.78, 5) is 28.6. The Morgan fingerprint density at radius 2 is 1.85 bits per heavy atom. The van der Waals surface area contributed by atoms with Crippen molar-refractivity contribution in [2.45, 2.75) is 4.90 Å². The predicted molar refractivity (Wildman–Crippen MR) is 132 cm³/mol. The zero-order valence-corrected chi connectivity index (χ0v) is 19.7. The summed E-state index contributed by atoms with van der Waals surface area (Å²) in [6, 6.07) is 16.0. The number of nitrogens with zero attached hydrogens (tertiary/aromatic N) is 3. The van der Waals surface area contributed by atoms with Crippen LogP contribution in [-0.4, -0.2) is 40.1 Å². The van der Waals surface area contributed by atoms with Crippen LogP contribution in [0.4, 0.5) is 5.69 Å². The highest BCUT2D eigenvalue weighted by Gasteiger charge is 2.16. The van der Waals surface area contributed by atoms with Crippen molar-refractivity contribution in [3.05, 3.63) is 82.6 Å². The first-order valence-electron chi connectivity index (χ1n) is 9.77. The molecule has 0 saturated heterocycles. The maximum absolute atomic E-state index is 12.0. The van der Waals surface area contributed by atoms with E-state index >= 15 is 0 Å². The van der Waals surface area contributed by atoms with E-state index in [0.29, 0.717) is 27.1 Å². The molecule has 0 saturated carbocycles. The highest BCUT2D eigenvalue weighted by atomic mass is 35.5. The van der Waals surface area contributed by atoms with Crippen LogP contribution in [0.1, 0.15) is 10.4 Å². The molecule has 2 heterocycles. The number of aliphatic carboxylic acids is 1. The van der Waals surface area contributed by atoms with E-state index in [0.717, 1.165) is 15.8 Å². The maximum atomic E-state index is 12.0. The molecular formula is C23H18Cl2N4O3S. The Morgan fingerprint density at radius 1 is 1.09 bits per heavy atom. The van der Waals surface area contributed by atoms with Crippen molar-refractivity contribution in [2.75, 3.05) is 17.9 Å². The second kappa shape index (κ2) is 9.74. The van der Waals surface area contributed by atoms with Crippen molar-refractivity contribution in [1.29, 1.82) is 0 Å². The molecule has 2 aromatic heterocycles. The lowest BCUT2D eigenvalue weighted by Gasteiger charge is -2.22. The Balaban J connectivity index is 1.69. The van der Waals surface area contributed by atoms with Gasteiger partial charge in [0.1, 0.15) is 12.4 Å². The summed E-state index contributed by atoms with van der Waals surface area (Å²) in [5, 5.41) is 13.9. The van der Waals surface area contributed by atoms with Crippen LogP contribution in [-0.2, 0) is 4.79 Å². The average Bonchev–Trinajstić information content (AvgIpc) is 3.20. The first kappa shape index (κ1) is 23.0. The molecule has 0 bridgehead atoms. The number of carbonyl (C=O) groups excluding carboxylic acids is 1. The van der Waals surface area contributed by atoms with Crippen LogP contribution in [0.2, 0.25) is 10.0 Å². The molecule has 0 aliphatic carbocycles. The molecule has 1 amide bonds. The minimum absolute atomic E-state index is 0.195. The van der Waals surface area contributed by atoms with Crippen molar-refractivity contribution >= 4 is 63.6 Å². The number of halogens is 2. The van der Waals surface area contributed by atoms with Crippen molar-refractivity contribution in [3.8, 4) is 5.82 Å². The Labute approximate surface area is 204 Å². The molecule has 0 aliphatic heterocycles. The normalized spacial score (nSPS) is 10.9. The molecule has 0 unspecified atom stereocenters. The second-order valence-electron chi connectivity index (χ2n) is 7.04. The van der Waals surface area contributed by atoms with Crippen LogP contribution in [0.15, 0.2) is 71.9 Å². The van der Waals surface area contributed by atoms with Crippen LogP contribution in [0.3, 0.4) is 0 Å². The lowest BCUT2D eigenvalue weighted by Crippen LogP contribution is -2.22. The van der Waals surface area contributed by atoms with E-state index in [1.54, 1.807) is 47.9 Å². The van der Waals surface area contributed by atoms with Gasteiger partial charge in [0.15, 0.2) is 0 Å². The first-order valence-corrected chi connectivity index (χ1v) is 11.3. The van der Waals surface area contributed by atoms with Gasteiger partial charge in [0.2, 0.25) is 0 Å². The Hall–Kier alpha value is -3.20. The van der Waals surface area contributed by atoms with Gasteiger partial charge in [-0.25, -0.2) is 4.98 Å². The van der Waals surface area contributed by atoms with E-state index in [2.05, 4.69) is 10.3 Å². The summed E-state index contributed by atoms with van der Waals surface area (Å²) in [6.45, 7) is -0.225. The van der Waals surface area contributed by atoms with Crippen molar-refractivity contribution in [1.82, 2.24) is 14.9 Å². The molecule has 0 radical (unpaired) electrons. The van der Waals surface area contributed by atoms with Crippen molar-refractivity contribution in [2.24, 2.45) is 0 Å². The second-order valence-corrected chi connectivity index (χ2v) is 9.01. The fourth-order valence-electron chi connectivity index (χ4n) is 3.33. The van der Waals surface area contributed by atoms with Gasteiger partial charge in [-0.05, 0) is 66.5 Å². The third-order valence-electron chi connectivity index (χ3n) is 4.77. The molecule has 33 heavy (non-hydrogen) atoms. The monoisotopic (exact) mass is 500 g/mol. The lowest BCUT2D eigenvalue weighted by molar-refractivity contribution is -0.135. The Bertz CT molecular complexity index is 1340. The Morgan fingerprint density at radius 3 is 2.55 bits per heavy atom. The van der Waals surface area contributed by atoms with E-state index < -0.39 is 5.97 Å². The fourth-order valence-corrected chi connectivity index (χ4v) is 4.99. The summed E-state index contributed by atoms with van der Waals surface area (Å²) in [7, 11) is 1.58. The lowest BCUT2D eigenvalue weighted by atomic mass is 10.2. The summed E-state index contributed by atoms with van der Waals surface area (Å²) in [5.41, 5.74) is 2.08. The van der Waals surface area contributed by atoms with Gasteiger partial charge < -0.3 is 19.3 Å². The van der Waals surface area contributed by atoms with Crippen LogP contribution in [0.5, 0.6) is 0 Å². The minimum Gasteiger partial charge on any atom is -0.480 e. The first-order chi connectivity index (χ1) is 15.8. The van der Waals surface area contributed by atoms with E-state index in [4.69, 9.17) is 23.2 Å². The largest absolute Gasteiger partial charge is 0.480 e. The number of carboxylic acid groups (broad SMARTS) is 1. The van der Waals surface area contributed by atoms with Gasteiger partial charge in [-0.2, -0.15) is 0 Å².